The van der Waals surface area contributed by atoms with E-state index in [-0.39, 0.29) is 11.7 Å². The van der Waals surface area contributed by atoms with Crippen LogP contribution in [-0.4, -0.2) is 52.3 Å². The first kappa shape index (κ1) is 19.2. The molecule has 150 valence electrons. The lowest BCUT2D eigenvalue weighted by Crippen LogP contribution is -2.49. The lowest BCUT2D eigenvalue weighted by molar-refractivity contribution is -0.132. The Morgan fingerprint density at radius 3 is 2.31 bits per heavy atom. The zero-order valence-corrected chi connectivity index (χ0v) is 17.0. The first-order valence-electron chi connectivity index (χ1n) is 10.1. The number of fused-ring (bicyclic) bond motifs is 1. The summed E-state index contributed by atoms with van der Waals surface area (Å²) in [7, 11) is 0. The summed E-state index contributed by atoms with van der Waals surface area (Å²) in [4.78, 5) is 33.3. The van der Waals surface area contributed by atoms with E-state index < -0.39 is 0 Å². The fraction of sp³-hybridized carbons (Fsp3) is 0.348. The molecule has 0 radical (unpaired) electrons. The van der Waals surface area contributed by atoms with Crippen LogP contribution in [-0.2, 0) is 17.8 Å². The van der Waals surface area contributed by atoms with Gasteiger partial charge < -0.3 is 14.4 Å². The zero-order chi connectivity index (χ0) is 20.4. The Kier molecular flexibility index (Phi) is 5.34. The van der Waals surface area contributed by atoms with Crippen LogP contribution in [0.4, 0.5) is 5.69 Å². The Hall–Kier alpha value is -3.15. The van der Waals surface area contributed by atoms with Crippen molar-refractivity contribution >= 4 is 28.4 Å². The maximum Gasteiger partial charge on any atom is 0.242 e. The number of para-hydroxylation sites is 2. The van der Waals surface area contributed by atoms with Crippen molar-refractivity contribution in [1.29, 1.82) is 0 Å². The number of aryl methyl sites for hydroxylation is 1. The molecule has 6 heteroatoms. The molecular weight excluding hydrogens is 364 g/mol. The number of carbonyl (C=O) groups is 2. The van der Waals surface area contributed by atoms with Gasteiger partial charge in [-0.1, -0.05) is 19.1 Å². The quantitative estimate of drug-likeness (QED) is 0.628. The maximum atomic E-state index is 13.0. The molecule has 0 atom stereocenters. The highest BCUT2D eigenvalue weighted by atomic mass is 16.2. The topological polar surface area (TPSA) is 58.4 Å². The third-order valence-corrected chi connectivity index (χ3v) is 5.61. The van der Waals surface area contributed by atoms with Crippen molar-refractivity contribution in [2.45, 2.75) is 26.8 Å². The molecule has 1 aliphatic rings. The summed E-state index contributed by atoms with van der Waals surface area (Å²) in [6.07, 6.45) is 0.798. The zero-order valence-electron chi connectivity index (χ0n) is 17.0. The Labute approximate surface area is 170 Å². The van der Waals surface area contributed by atoms with Gasteiger partial charge in [-0.25, -0.2) is 4.98 Å². The highest BCUT2D eigenvalue weighted by molar-refractivity contribution is 5.94. The lowest BCUT2D eigenvalue weighted by Gasteiger charge is -2.36. The lowest BCUT2D eigenvalue weighted by atomic mass is 10.1. The summed E-state index contributed by atoms with van der Waals surface area (Å²) in [6, 6.07) is 15.7. The molecule has 3 aromatic rings. The van der Waals surface area contributed by atoms with E-state index in [0.717, 1.165) is 47.6 Å². The molecule has 0 unspecified atom stereocenters. The van der Waals surface area contributed by atoms with Crippen molar-refractivity contribution in [3.05, 3.63) is 59.9 Å². The molecule has 1 aliphatic heterocycles. The summed E-state index contributed by atoms with van der Waals surface area (Å²) in [5.41, 5.74) is 3.77. The van der Waals surface area contributed by atoms with E-state index in [2.05, 4.69) is 16.8 Å². The number of piperazine rings is 1. The van der Waals surface area contributed by atoms with Crippen molar-refractivity contribution in [3.8, 4) is 0 Å². The first-order valence-corrected chi connectivity index (χ1v) is 10.1. The third-order valence-electron chi connectivity index (χ3n) is 5.61. The molecule has 1 saturated heterocycles. The van der Waals surface area contributed by atoms with Gasteiger partial charge in [-0.2, -0.15) is 0 Å². The summed E-state index contributed by atoms with van der Waals surface area (Å²) in [5.74, 6) is 1.16. The average molecular weight is 390 g/mol. The molecule has 0 N–H and O–H groups in total. The molecule has 1 amide bonds. The van der Waals surface area contributed by atoms with Gasteiger partial charge in [-0.05, 0) is 43.3 Å². The largest absolute Gasteiger partial charge is 0.368 e. The Balaban J connectivity index is 1.41. The van der Waals surface area contributed by atoms with Crippen molar-refractivity contribution in [3.63, 3.8) is 0 Å². The van der Waals surface area contributed by atoms with E-state index in [1.807, 2.05) is 58.0 Å². The van der Waals surface area contributed by atoms with Gasteiger partial charge in [0.1, 0.15) is 12.4 Å². The van der Waals surface area contributed by atoms with Crippen LogP contribution in [0.25, 0.3) is 11.0 Å². The molecule has 4 rings (SSSR count). The number of anilines is 1. The molecule has 0 spiro atoms. The minimum atomic E-state index is 0.0745. The number of rotatable bonds is 5. The molecule has 2 aromatic carbocycles. The van der Waals surface area contributed by atoms with Crippen LogP contribution in [0.5, 0.6) is 0 Å². The van der Waals surface area contributed by atoms with E-state index in [9.17, 15) is 9.59 Å². The van der Waals surface area contributed by atoms with Gasteiger partial charge >= 0.3 is 0 Å². The van der Waals surface area contributed by atoms with E-state index >= 15 is 0 Å². The molecule has 1 aromatic heterocycles. The van der Waals surface area contributed by atoms with Crippen LogP contribution in [0.3, 0.4) is 0 Å². The molecule has 29 heavy (non-hydrogen) atoms. The number of Topliss-reactive ketones (excluding diaryl/α,β-unsaturated/α-hetero) is 1. The second-order valence-electron chi connectivity index (χ2n) is 7.43. The normalized spacial score (nSPS) is 14.4. The van der Waals surface area contributed by atoms with Crippen LogP contribution < -0.4 is 4.90 Å². The van der Waals surface area contributed by atoms with E-state index in [1.165, 1.54) is 0 Å². The molecule has 6 nitrogen and oxygen atoms in total. The fourth-order valence-electron chi connectivity index (χ4n) is 3.93. The number of carbonyl (C=O) groups excluding carboxylic acids is 2. The number of aromatic nitrogens is 2. The average Bonchev–Trinajstić information content (AvgIpc) is 3.11. The third kappa shape index (κ3) is 3.88. The summed E-state index contributed by atoms with van der Waals surface area (Å²) < 4.78 is 2.05. The van der Waals surface area contributed by atoms with E-state index in [1.54, 1.807) is 6.92 Å². The molecule has 0 saturated carbocycles. The minimum Gasteiger partial charge on any atom is -0.368 e. The summed E-state index contributed by atoms with van der Waals surface area (Å²) in [6.45, 7) is 6.94. The highest BCUT2D eigenvalue weighted by Gasteiger charge is 2.23. The van der Waals surface area contributed by atoms with Crippen LogP contribution in [0.2, 0.25) is 0 Å². The van der Waals surface area contributed by atoms with Crippen molar-refractivity contribution in [2.75, 3.05) is 31.1 Å². The number of nitrogens with zero attached hydrogens (tertiary/aromatic N) is 4. The number of benzene rings is 2. The van der Waals surface area contributed by atoms with Gasteiger partial charge in [0.05, 0.1) is 11.0 Å². The molecular formula is C23H26N4O2. The number of amides is 1. The summed E-state index contributed by atoms with van der Waals surface area (Å²) in [5, 5.41) is 0. The number of hydrogen-bond donors (Lipinski definition) is 0. The van der Waals surface area contributed by atoms with Gasteiger partial charge in [0.15, 0.2) is 5.78 Å². The second-order valence-corrected chi connectivity index (χ2v) is 7.43. The number of ketones is 1. The van der Waals surface area contributed by atoms with Crippen molar-refractivity contribution < 1.29 is 9.59 Å². The van der Waals surface area contributed by atoms with Gasteiger partial charge in [0.2, 0.25) is 5.91 Å². The molecule has 2 heterocycles. The standard InChI is InChI=1S/C23H26N4O2/c1-3-22-24-20-6-4-5-7-21(20)27(22)16-23(29)26-14-12-25(13-15-26)19-10-8-18(9-11-19)17(2)28/h4-11H,3,12-16H2,1-2H3. The predicted octanol–water partition coefficient (Wildman–Crippen LogP) is 3.15. The van der Waals surface area contributed by atoms with Crippen LogP contribution >= 0.6 is 0 Å². The number of hydrogen-bond acceptors (Lipinski definition) is 4. The molecule has 0 bridgehead atoms. The van der Waals surface area contributed by atoms with Gasteiger partial charge in [-0.15, -0.1) is 0 Å². The SMILES string of the molecule is CCc1nc2ccccc2n1CC(=O)N1CCN(c2ccc(C(C)=O)cc2)CC1. The number of imidazole rings is 1. The van der Waals surface area contributed by atoms with Crippen molar-refractivity contribution in [1.82, 2.24) is 14.5 Å². The minimum absolute atomic E-state index is 0.0745. The van der Waals surface area contributed by atoms with E-state index in [4.69, 9.17) is 0 Å². The molecule has 0 aliphatic carbocycles. The van der Waals surface area contributed by atoms with Gasteiger partial charge in [0.25, 0.3) is 0 Å². The highest BCUT2D eigenvalue weighted by Crippen LogP contribution is 2.19. The van der Waals surface area contributed by atoms with Gasteiger partial charge in [0, 0.05) is 43.9 Å². The van der Waals surface area contributed by atoms with Crippen LogP contribution in [0, 0.1) is 0 Å². The summed E-state index contributed by atoms with van der Waals surface area (Å²) >= 11 is 0. The Morgan fingerprint density at radius 1 is 0.966 bits per heavy atom. The Morgan fingerprint density at radius 2 is 1.66 bits per heavy atom. The van der Waals surface area contributed by atoms with Gasteiger partial charge in [-0.3, -0.25) is 9.59 Å². The smallest absolute Gasteiger partial charge is 0.242 e. The van der Waals surface area contributed by atoms with Crippen LogP contribution in [0.15, 0.2) is 48.5 Å². The van der Waals surface area contributed by atoms with E-state index in [0.29, 0.717) is 19.6 Å². The van der Waals surface area contributed by atoms with Crippen molar-refractivity contribution in [2.24, 2.45) is 0 Å². The Bertz CT molecular complexity index is 1030. The first-order chi connectivity index (χ1) is 14.1. The second kappa shape index (κ2) is 8.07. The molecule has 1 fully saturated rings. The maximum absolute atomic E-state index is 13.0. The fourth-order valence-corrected chi connectivity index (χ4v) is 3.93. The predicted molar refractivity (Wildman–Crippen MR) is 114 cm³/mol. The monoisotopic (exact) mass is 390 g/mol. The van der Waals surface area contributed by atoms with Crippen LogP contribution in [0.1, 0.15) is 30.0 Å².